The molecule has 25 heavy (non-hydrogen) atoms. The molecule has 1 N–H and O–H groups in total. The second-order valence-corrected chi connectivity index (χ2v) is 7.07. The Hall–Kier alpha value is -2.64. The SMILES string of the molecule is Cc1ccc2nc(NC(=O)Cn3c(=O)oc4ccc(Cl)cc43)sc2c1. The van der Waals surface area contributed by atoms with E-state index in [9.17, 15) is 9.59 Å². The van der Waals surface area contributed by atoms with Crippen LogP contribution in [0.3, 0.4) is 0 Å². The molecule has 0 aliphatic rings. The molecule has 8 heteroatoms. The van der Waals surface area contributed by atoms with Crippen LogP contribution in [-0.4, -0.2) is 15.5 Å². The van der Waals surface area contributed by atoms with Crippen molar-refractivity contribution >= 4 is 55.3 Å². The highest BCUT2D eigenvalue weighted by Gasteiger charge is 2.14. The van der Waals surface area contributed by atoms with Gasteiger partial charge in [0, 0.05) is 5.02 Å². The number of aryl methyl sites for hydroxylation is 1. The zero-order chi connectivity index (χ0) is 17.6. The molecule has 6 nitrogen and oxygen atoms in total. The van der Waals surface area contributed by atoms with E-state index in [1.54, 1.807) is 18.2 Å². The predicted molar refractivity (Wildman–Crippen MR) is 98.5 cm³/mol. The minimum Gasteiger partial charge on any atom is -0.408 e. The van der Waals surface area contributed by atoms with Crippen LogP contribution < -0.4 is 11.1 Å². The number of rotatable bonds is 3. The van der Waals surface area contributed by atoms with Crippen molar-refractivity contribution in [1.82, 2.24) is 9.55 Å². The molecule has 0 spiro atoms. The standard InChI is InChI=1S/C17H12ClN3O3S/c1-9-2-4-11-14(6-9)25-16(19-11)20-15(22)8-21-12-7-10(18)3-5-13(12)24-17(21)23/h2-7H,8H2,1H3,(H,19,20,22). The molecule has 0 aliphatic heterocycles. The number of nitrogens with zero attached hydrogens (tertiary/aromatic N) is 2. The monoisotopic (exact) mass is 373 g/mol. The first-order chi connectivity index (χ1) is 12.0. The highest BCUT2D eigenvalue weighted by molar-refractivity contribution is 7.22. The number of halogens is 1. The van der Waals surface area contributed by atoms with Gasteiger partial charge in [-0.15, -0.1) is 0 Å². The molecule has 0 atom stereocenters. The summed E-state index contributed by atoms with van der Waals surface area (Å²) < 4.78 is 7.36. The van der Waals surface area contributed by atoms with E-state index < -0.39 is 5.76 Å². The third-order valence-electron chi connectivity index (χ3n) is 3.72. The maximum Gasteiger partial charge on any atom is 0.420 e. The van der Waals surface area contributed by atoms with Crippen LogP contribution in [0.4, 0.5) is 5.13 Å². The fourth-order valence-electron chi connectivity index (χ4n) is 2.57. The van der Waals surface area contributed by atoms with Crippen LogP contribution >= 0.6 is 22.9 Å². The Morgan fingerprint density at radius 2 is 2.16 bits per heavy atom. The molecule has 1 amide bonds. The van der Waals surface area contributed by atoms with Gasteiger partial charge in [-0.2, -0.15) is 0 Å². The Bertz CT molecular complexity index is 1180. The topological polar surface area (TPSA) is 77.1 Å². The largest absolute Gasteiger partial charge is 0.420 e. The molecule has 4 rings (SSSR count). The van der Waals surface area contributed by atoms with Gasteiger partial charge in [0.15, 0.2) is 10.7 Å². The lowest BCUT2D eigenvalue weighted by Crippen LogP contribution is -2.24. The molecule has 2 heterocycles. The summed E-state index contributed by atoms with van der Waals surface area (Å²) in [7, 11) is 0. The molecule has 0 radical (unpaired) electrons. The molecule has 0 unspecified atom stereocenters. The number of anilines is 1. The van der Waals surface area contributed by atoms with Crippen molar-refractivity contribution in [1.29, 1.82) is 0 Å². The van der Waals surface area contributed by atoms with Crippen LogP contribution in [-0.2, 0) is 11.3 Å². The number of fused-ring (bicyclic) bond motifs is 2. The summed E-state index contributed by atoms with van der Waals surface area (Å²) >= 11 is 7.35. The van der Waals surface area contributed by atoms with E-state index in [0.29, 0.717) is 21.3 Å². The molecule has 0 aliphatic carbocycles. The molecule has 0 bridgehead atoms. The average molecular weight is 374 g/mol. The molecular formula is C17H12ClN3O3S. The Labute approximate surface area is 150 Å². The molecule has 0 saturated heterocycles. The maximum atomic E-state index is 12.3. The van der Waals surface area contributed by atoms with Crippen molar-refractivity contribution in [2.45, 2.75) is 13.5 Å². The van der Waals surface area contributed by atoms with E-state index in [4.69, 9.17) is 16.0 Å². The third-order valence-corrected chi connectivity index (χ3v) is 4.89. The lowest BCUT2D eigenvalue weighted by Gasteiger charge is -2.02. The minimum atomic E-state index is -0.604. The first-order valence-corrected chi connectivity index (χ1v) is 8.65. The van der Waals surface area contributed by atoms with Crippen LogP contribution in [0.25, 0.3) is 21.3 Å². The van der Waals surface area contributed by atoms with E-state index in [0.717, 1.165) is 15.8 Å². The van der Waals surface area contributed by atoms with Crippen LogP contribution in [0.1, 0.15) is 5.56 Å². The van der Waals surface area contributed by atoms with E-state index in [2.05, 4.69) is 10.3 Å². The predicted octanol–water partition coefficient (Wildman–Crippen LogP) is 3.80. The number of thiazole rings is 1. The number of carbonyl (C=O) groups excluding carboxylic acids is 1. The number of carbonyl (C=O) groups is 1. The second-order valence-electron chi connectivity index (χ2n) is 5.60. The van der Waals surface area contributed by atoms with E-state index in [1.807, 2.05) is 25.1 Å². The highest BCUT2D eigenvalue weighted by Crippen LogP contribution is 2.26. The van der Waals surface area contributed by atoms with Gasteiger partial charge in [-0.25, -0.2) is 9.78 Å². The number of oxazole rings is 1. The number of hydrogen-bond donors (Lipinski definition) is 1. The normalized spacial score (nSPS) is 11.3. The molecule has 0 fully saturated rings. The van der Waals surface area contributed by atoms with Gasteiger partial charge >= 0.3 is 5.76 Å². The molecule has 0 saturated carbocycles. The van der Waals surface area contributed by atoms with Crippen LogP contribution in [0.2, 0.25) is 5.02 Å². The number of aromatic nitrogens is 2. The third kappa shape index (κ3) is 3.04. The van der Waals surface area contributed by atoms with Crippen molar-refractivity contribution in [2.75, 3.05) is 5.32 Å². The number of benzene rings is 2. The van der Waals surface area contributed by atoms with Gasteiger partial charge < -0.3 is 9.73 Å². The quantitative estimate of drug-likeness (QED) is 0.592. The fourth-order valence-corrected chi connectivity index (χ4v) is 3.72. The number of nitrogens with one attached hydrogen (secondary N) is 1. The minimum absolute atomic E-state index is 0.179. The van der Waals surface area contributed by atoms with Crippen molar-refractivity contribution in [3.8, 4) is 0 Å². The first-order valence-electron chi connectivity index (χ1n) is 7.45. The molecule has 2 aromatic heterocycles. The Balaban J connectivity index is 1.60. The zero-order valence-electron chi connectivity index (χ0n) is 13.1. The average Bonchev–Trinajstić information content (AvgIpc) is 3.08. The van der Waals surface area contributed by atoms with Gasteiger partial charge in [0.25, 0.3) is 0 Å². The van der Waals surface area contributed by atoms with E-state index in [1.165, 1.54) is 15.9 Å². The summed E-state index contributed by atoms with van der Waals surface area (Å²) in [5.41, 5.74) is 2.82. The van der Waals surface area contributed by atoms with Crippen molar-refractivity contribution in [3.05, 3.63) is 57.5 Å². The van der Waals surface area contributed by atoms with E-state index in [-0.39, 0.29) is 12.5 Å². The highest BCUT2D eigenvalue weighted by atomic mass is 35.5. The van der Waals surface area contributed by atoms with Crippen molar-refractivity contribution in [3.63, 3.8) is 0 Å². The summed E-state index contributed by atoms with van der Waals surface area (Å²) in [6.07, 6.45) is 0. The van der Waals surface area contributed by atoms with Gasteiger partial charge in [0.2, 0.25) is 5.91 Å². The molecule has 4 aromatic rings. The van der Waals surface area contributed by atoms with E-state index >= 15 is 0 Å². The summed E-state index contributed by atoms with van der Waals surface area (Å²) in [6, 6.07) is 10.7. The summed E-state index contributed by atoms with van der Waals surface area (Å²) in [5, 5.41) is 3.68. The zero-order valence-corrected chi connectivity index (χ0v) is 14.6. The lowest BCUT2D eigenvalue weighted by molar-refractivity contribution is -0.116. The summed E-state index contributed by atoms with van der Waals surface area (Å²) in [6.45, 7) is 1.82. The van der Waals surface area contributed by atoms with Crippen LogP contribution in [0.15, 0.2) is 45.6 Å². The lowest BCUT2D eigenvalue weighted by atomic mass is 10.2. The summed E-state index contributed by atoms with van der Waals surface area (Å²) in [4.78, 5) is 28.7. The van der Waals surface area contributed by atoms with Gasteiger partial charge in [-0.1, -0.05) is 29.0 Å². The number of amides is 1. The number of hydrogen-bond acceptors (Lipinski definition) is 5. The fraction of sp³-hybridized carbons (Fsp3) is 0.118. The smallest absolute Gasteiger partial charge is 0.408 e. The van der Waals surface area contributed by atoms with Crippen LogP contribution in [0, 0.1) is 6.92 Å². The second kappa shape index (κ2) is 6.02. The van der Waals surface area contributed by atoms with Crippen molar-refractivity contribution < 1.29 is 9.21 Å². The summed E-state index contributed by atoms with van der Waals surface area (Å²) in [5.74, 6) is -0.965. The van der Waals surface area contributed by atoms with Gasteiger partial charge in [0.1, 0.15) is 6.54 Å². The van der Waals surface area contributed by atoms with Gasteiger partial charge in [-0.05, 0) is 42.8 Å². The Morgan fingerprint density at radius 3 is 3.00 bits per heavy atom. The van der Waals surface area contributed by atoms with Crippen LogP contribution in [0.5, 0.6) is 0 Å². The molecular weight excluding hydrogens is 362 g/mol. The molecule has 2 aromatic carbocycles. The van der Waals surface area contributed by atoms with Gasteiger partial charge in [0.05, 0.1) is 15.7 Å². The Kier molecular flexibility index (Phi) is 3.82. The van der Waals surface area contributed by atoms with Crippen molar-refractivity contribution in [2.24, 2.45) is 0 Å². The maximum absolute atomic E-state index is 12.3. The van der Waals surface area contributed by atoms with Gasteiger partial charge in [-0.3, -0.25) is 9.36 Å². The molecule has 126 valence electrons. The first kappa shape index (κ1) is 15.9. The Morgan fingerprint density at radius 1 is 1.32 bits per heavy atom.